The Kier molecular flexibility index (Phi) is 7.46. The molecule has 0 spiro atoms. The van der Waals surface area contributed by atoms with Crippen LogP contribution in [0.25, 0.3) is 33.5 Å². The number of carbonyl (C=O) groups is 2. The number of aryl methyl sites for hydroxylation is 1. The zero-order valence-corrected chi connectivity index (χ0v) is 21.7. The Hall–Kier alpha value is -4.29. The molecule has 3 aromatic heterocycles. The van der Waals surface area contributed by atoms with Gasteiger partial charge in [0, 0.05) is 44.2 Å². The number of benzene rings is 1. The maximum atomic E-state index is 12.9. The fraction of sp³-hybridized carbons (Fsp3) is 0.400. The molecule has 0 unspecified atom stereocenters. The van der Waals surface area contributed by atoms with Crippen molar-refractivity contribution in [2.45, 2.75) is 52.8 Å². The molecule has 0 saturated heterocycles. The summed E-state index contributed by atoms with van der Waals surface area (Å²) < 4.78 is 37.6. The summed E-state index contributed by atoms with van der Waals surface area (Å²) >= 11 is 0. The van der Waals surface area contributed by atoms with Crippen LogP contribution < -0.4 is 14.8 Å². The smallest absolute Gasteiger partial charge is 0.413 e. The van der Waals surface area contributed by atoms with E-state index >= 15 is 0 Å². The molecule has 13 heteroatoms. The summed E-state index contributed by atoms with van der Waals surface area (Å²) in [5.74, 6) is 0.103. The second-order valence-electron chi connectivity index (χ2n) is 9.79. The van der Waals surface area contributed by atoms with E-state index in [1.54, 1.807) is 22.7 Å². The zero-order chi connectivity index (χ0) is 27.6. The normalized spacial score (nSPS) is 11.8. The number of fused-ring (bicyclic) bond motifs is 2. The van der Waals surface area contributed by atoms with E-state index in [0.717, 1.165) is 0 Å². The van der Waals surface area contributed by atoms with Gasteiger partial charge in [0.25, 0.3) is 0 Å². The number of nitrogens with one attached hydrogen (secondary N) is 2. The average Bonchev–Trinajstić information content (AvgIpc) is 3.38. The molecule has 4 rings (SSSR count). The van der Waals surface area contributed by atoms with Crippen LogP contribution in [0.1, 0.15) is 34.1 Å². The molecular weight excluding hydrogens is 500 g/mol. The Morgan fingerprint density at radius 2 is 2.03 bits per heavy atom. The van der Waals surface area contributed by atoms with Gasteiger partial charge in [0.2, 0.25) is 5.91 Å². The number of hydrogen-bond acceptors (Lipinski definition) is 7. The van der Waals surface area contributed by atoms with Crippen molar-refractivity contribution in [1.82, 2.24) is 34.9 Å². The minimum absolute atomic E-state index is 0.0248. The Labute approximate surface area is 217 Å². The summed E-state index contributed by atoms with van der Waals surface area (Å²) in [7, 11) is 1.71. The van der Waals surface area contributed by atoms with Crippen LogP contribution in [0.2, 0.25) is 0 Å². The van der Waals surface area contributed by atoms with E-state index in [0.29, 0.717) is 53.0 Å². The number of nitrogens with zero attached hydrogens (tertiary/aromatic N) is 5. The summed E-state index contributed by atoms with van der Waals surface area (Å²) in [5, 5.41) is 7.93. The summed E-state index contributed by atoms with van der Waals surface area (Å²) in [6.07, 6.45) is 2.94. The van der Waals surface area contributed by atoms with Crippen molar-refractivity contribution in [3.8, 4) is 22.9 Å². The van der Waals surface area contributed by atoms with Crippen LogP contribution in [0, 0.1) is 0 Å². The topological polar surface area (TPSA) is 127 Å². The van der Waals surface area contributed by atoms with E-state index in [-0.39, 0.29) is 17.4 Å². The van der Waals surface area contributed by atoms with Gasteiger partial charge in [-0.3, -0.25) is 9.48 Å². The van der Waals surface area contributed by atoms with Crippen molar-refractivity contribution < 1.29 is 27.8 Å². The minimum Gasteiger partial charge on any atom is -0.435 e. The van der Waals surface area contributed by atoms with Gasteiger partial charge in [0.1, 0.15) is 17.1 Å². The van der Waals surface area contributed by atoms with Gasteiger partial charge in [-0.05, 0) is 45.4 Å². The molecule has 0 fully saturated rings. The molecule has 202 valence electrons. The number of amides is 2. The molecule has 0 saturated carbocycles. The second-order valence-corrected chi connectivity index (χ2v) is 9.79. The number of carbonyl (C=O) groups excluding carboxylic acids is 2. The summed E-state index contributed by atoms with van der Waals surface area (Å²) in [6, 6.07) is 4.56. The largest absolute Gasteiger partial charge is 0.435 e. The predicted octanol–water partition coefficient (Wildman–Crippen LogP) is 4.33. The molecule has 11 nitrogen and oxygen atoms in total. The molecule has 0 atom stereocenters. The van der Waals surface area contributed by atoms with Crippen molar-refractivity contribution in [2.24, 2.45) is 0 Å². The number of ether oxygens (including phenoxy) is 2. The molecule has 0 aliphatic rings. The number of alkyl halides is 2. The SMILES string of the molecule is CC(=O)N(C)CCCn1nc(-c2cnc3[nH]cc(OC(=O)NC(C)(C)C)c3n2)c2cc(OC(F)F)ccc21. The first-order chi connectivity index (χ1) is 17.9. The average molecular weight is 530 g/mol. The molecule has 0 radical (unpaired) electrons. The van der Waals surface area contributed by atoms with Crippen molar-refractivity contribution in [3.05, 3.63) is 30.6 Å². The Morgan fingerprint density at radius 3 is 2.71 bits per heavy atom. The maximum absolute atomic E-state index is 12.9. The molecule has 0 aliphatic carbocycles. The number of H-pyrrole nitrogens is 1. The third kappa shape index (κ3) is 6.15. The lowest BCUT2D eigenvalue weighted by atomic mass is 10.1. The monoisotopic (exact) mass is 529 g/mol. The Balaban J connectivity index is 1.72. The number of hydrogen-bond donors (Lipinski definition) is 2. The van der Waals surface area contributed by atoms with E-state index in [2.05, 4.69) is 30.1 Å². The molecule has 1 aromatic carbocycles. The van der Waals surface area contributed by atoms with Crippen LogP contribution >= 0.6 is 0 Å². The molecule has 3 heterocycles. The molecule has 2 amide bonds. The van der Waals surface area contributed by atoms with Gasteiger partial charge in [-0.15, -0.1) is 0 Å². The van der Waals surface area contributed by atoms with Gasteiger partial charge in [0.15, 0.2) is 16.9 Å². The quantitative estimate of drug-likeness (QED) is 0.348. The Morgan fingerprint density at radius 1 is 1.26 bits per heavy atom. The zero-order valence-electron chi connectivity index (χ0n) is 21.7. The maximum Gasteiger partial charge on any atom is 0.413 e. The van der Waals surface area contributed by atoms with Crippen molar-refractivity contribution >= 4 is 34.1 Å². The molecule has 38 heavy (non-hydrogen) atoms. The first-order valence-corrected chi connectivity index (χ1v) is 11.9. The van der Waals surface area contributed by atoms with Gasteiger partial charge in [-0.1, -0.05) is 0 Å². The fourth-order valence-corrected chi connectivity index (χ4v) is 3.80. The first-order valence-electron chi connectivity index (χ1n) is 11.9. The lowest BCUT2D eigenvalue weighted by Gasteiger charge is -2.19. The van der Waals surface area contributed by atoms with Crippen molar-refractivity contribution in [3.63, 3.8) is 0 Å². The molecule has 4 aromatic rings. The third-order valence-electron chi connectivity index (χ3n) is 5.62. The summed E-state index contributed by atoms with van der Waals surface area (Å²) in [5.41, 5.74) is 1.60. The standard InChI is InChI=1S/C25H29F2N7O4/c1-14(35)33(5)9-6-10-34-18-8-7-15(37-23(26)27)11-16(18)20(32-34)17-12-28-22-21(30-17)19(13-29-22)38-24(36)31-25(2,3)4/h7-8,11-13,23H,6,9-10H2,1-5H3,(H,28,29)(H,31,36). The van der Waals surface area contributed by atoms with Crippen LogP contribution in [0.15, 0.2) is 30.6 Å². The first kappa shape index (κ1) is 26.8. The predicted molar refractivity (Wildman–Crippen MR) is 136 cm³/mol. The number of rotatable bonds is 8. The molecule has 2 N–H and O–H groups in total. The second kappa shape index (κ2) is 10.6. The number of halogens is 2. The van der Waals surface area contributed by atoms with Crippen LogP contribution in [-0.4, -0.2) is 67.4 Å². The Bertz CT molecular complexity index is 1480. The lowest BCUT2D eigenvalue weighted by molar-refractivity contribution is -0.127. The summed E-state index contributed by atoms with van der Waals surface area (Å²) in [6.45, 7) is 4.97. The fourth-order valence-electron chi connectivity index (χ4n) is 3.80. The summed E-state index contributed by atoms with van der Waals surface area (Å²) in [4.78, 5) is 37.4. The molecular formula is C25H29F2N7O4. The van der Waals surface area contributed by atoms with E-state index in [9.17, 15) is 18.4 Å². The van der Waals surface area contributed by atoms with Crippen molar-refractivity contribution in [2.75, 3.05) is 13.6 Å². The number of aromatic nitrogens is 5. The van der Waals surface area contributed by atoms with Crippen LogP contribution in [0.4, 0.5) is 13.6 Å². The van der Waals surface area contributed by atoms with E-state index in [1.807, 2.05) is 20.8 Å². The highest BCUT2D eigenvalue weighted by Gasteiger charge is 2.21. The molecule has 0 aliphatic heterocycles. The van der Waals surface area contributed by atoms with Gasteiger partial charge in [-0.25, -0.2) is 14.8 Å². The third-order valence-corrected chi connectivity index (χ3v) is 5.62. The van der Waals surface area contributed by atoms with E-state index in [1.165, 1.54) is 31.5 Å². The highest BCUT2D eigenvalue weighted by atomic mass is 19.3. The number of aromatic amines is 1. The molecule has 0 bridgehead atoms. The highest BCUT2D eigenvalue weighted by Crippen LogP contribution is 2.32. The van der Waals surface area contributed by atoms with Crippen LogP contribution in [0.5, 0.6) is 11.5 Å². The highest BCUT2D eigenvalue weighted by molar-refractivity contribution is 5.94. The van der Waals surface area contributed by atoms with Crippen molar-refractivity contribution in [1.29, 1.82) is 0 Å². The van der Waals surface area contributed by atoms with E-state index in [4.69, 9.17) is 4.74 Å². The minimum atomic E-state index is -2.98. The van der Waals surface area contributed by atoms with Gasteiger partial charge >= 0.3 is 12.7 Å². The van der Waals surface area contributed by atoms with Crippen LogP contribution in [0.3, 0.4) is 0 Å². The lowest BCUT2D eigenvalue weighted by Crippen LogP contribution is -2.42. The van der Waals surface area contributed by atoms with Crippen LogP contribution in [-0.2, 0) is 11.3 Å². The van der Waals surface area contributed by atoms with E-state index < -0.39 is 18.2 Å². The van der Waals surface area contributed by atoms with Gasteiger partial charge in [0.05, 0.1) is 11.7 Å². The van der Waals surface area contributed by atoms with Gasteiger partial charge in [-0.2, -0.15) is 13.9 Å². The van der Waals surface area contributed by atoms with Gasteiger partial charge < -0.3 is 24.7 Å².